The summed E-state index contributed by atoms with van der Waals surface area (Å²) in [5.41, 5.74) is 1.74. The van der Waals surface area contributed by atoms with E-state index in [2.05, 4.69) is 0 Å². The van der Waals surface area contributed by atoms with Crippen LogP contribution in [-0.4, -0.2) is 35.8 Å². The molecule has 1 heterocycles. The monoisotopic (exact) mass is 414 g/mol. The van der Waals surface area contributed by atoms with Crippen LogP contribution in [0.15, 0.2) is 48.5 Å². The number of carbonyl (C=O) groups is 3. The van der Waals surface area contributed by atoms with Crippen molar-refractivity contribution in [1.29, 1.82) is 0 Å². The summed E-state index contributed by atoms with van der Waals surface area (Å²) in [4.78, 5) is 34.6. The van der Waals surface area contributed by atoms with Gasteiger partial charge in [0.15, 0.2) is 17.0 Å². The van der Waals surface area contributed by atoms with Crippen molar-refractivity contribution in [3.8, 4) is 11.5 Å². The Labute approximate surface area is 173 Å². The van der Waals surface area contributed by atoms with Crippen molar-refractivity contribution in [1.82, 2.24) is 0 Å². The van der Waals surface area contributed by atoms with Gasteiger partial charge >= 0.3 is 5.97 Å². The molecule has 152 valence electrons. The smallest absolute Gasteiger partial charge is 0.303 e. The van der Waals surface area contributed by atoms with Crippen molar-refractivity contribution >= 4 is 28.6 Å². The Kier molecular flexibility index (Phi) is 6.93. The van der Waals surface area contributed by atoms with E-state index in [1.54, 1.807) is 25.3 Å². The highest BCUT2D eigenvalue weighted by molar-refractivity contribution is 8.15. The van der Waals surface area contributed by atoms with Crippen molar-refractivity contribution in [3.05, 3.63) is 59.7 Å². The summed E-state index contributed by atoms with van der Waals surface area (Å²) in [6.45, 7) is 1.51. The summed E-state index contributed by atoms with van der Waals surface area (Å²) >= 11 is 1.11. The lowest BCUT2D eigenvalue weighted by Crippen LogP contribution is -2.16. The van der Waals surface area contributed by atoms with E-state index in [1.165, 1.54) is 6.92 Å². The topological polar surface area (TPSA) is 78.9 Å². The zero-order chi connectivity index (χ0) is 20.8. The first-order valence-corrected chi connectivity index (χ1v) is 10.1. The van der Waals surface area contributed by atoms with Crippen molar-refractivity contribution in [2.45, 2.75) is 31.1 Å². The van der Waals surface area contributed by atoms with Crippen LogP contribution in [-0.2, 0) is 25.5 Å². The second kappa shape index (κ2) is 9.60. The molecule has 1 aliphatic rings. The quantitative estimate of drug-likeness (QED) is 0.483. The summed E-state index contributed by atoms with van der Waals surface area (Å²) in [6, 6.07) is 14.6. The van der Waals surface area contributed by atoms with E-state index in [1.807, 2.05) is 30.3 Å². The maximum absolute atomic E-state index is 11.8. The number of Topliss-reactive ketones (excluding diaryl/α,β-unsaturated/α-hetero) is 1. The molecular weight excluding hydrogens is 392 g/mol. The molecule has 0 aliphatic carbocycles. The van der Waals surface area contributed by atoms with E-state index in [-0.39, 0.29) is 29.2 Å². The summed E-state index contributed by atoms with van der Waals surface area (Å²) in [6.07, 6.45) is -0.0194. The number of hydrogen-bond acceptors (Lipinski definition) is 7. The summed E-state index contributed by atoms with van der Waals surface area (Å²) in [5.74, 6) is 0.880. The molecule has 0 spiro atoms. The van der Waals surface area contributed by atoms with Gasteiger partial charge in [0.1, 0.15) is 18.1 Å². The fourth-order valence-corrected chi connectivity index (χ4v) is 4.06. The van der Waals surface area contributed by atoms with Crippen molar-refractivity contribution in [3.63, 3.8) is 0 Å². The van der Waals surface area contributed by atoms with Crippen molar-refractivity contribution < 1.29 is 28.6 Å². The number of ether oxygens (including phenoxy) is 3. The van der Waals surface area contributed by atoms with Gasteiger partial charge in [-0.15, -0.1) is 0 Å². The predicted molar refractivity (Wildman–Crippen MR) is 109 cm³/mol. The Morgan fingerprint density at radius 2 is 1.90 bits per heavy atom. The van der Waals surface area contributed by atoms with Gasteiger partial charge in [0.25, 0.3) is 0 Å². The molecule has 0 saturated carbocycles. The fraction of sp³-hybridized carbons (Fsp3) is 0.318. The lowest BCUT2D eigenvalue weighted by molar-refractivity contribution is -0.148. The van der Waals surface area contributed by atoms with Gasteiger partial charge in [-0.3, -0.25) is 14.4 Å². The number of thioether (sulfide) groups is 1. The summed E-state index contributed by atoms with van der Waals surface area (Å²) < 4.78 is 16.4. The number of esters is 1. The minimum Gasteiger partial charge on any atom is -0.497 e. The third kappa shape index (κ3) is 5.84. The van der Waals surface area contributed by atoms with E-state index >= 15 is 0 Å². The Hall–Kier alpha value is -2.80. The molecule has 29 heavy (non-hydrogen) atoms. The lowest BCUT2D eigenvalue weighted by atomic mass is 10.1. The van der Waals surface area contributed by atoms with Gasteiger partial charge in [-0.25, -0.2) is 0 Å². The number of ketones is 1. The predicted octanol–water partition coefficient (Wildman–Crippen LogP) is 3.52. The van der Waals surface area contributed by atoms with E-state index in [0.717, 1.165) is 22.9 Å². The third-order valence-corrected chi connectivity index (χ3v) is 5.59. The molecule has 1 saturated heterocycles. The van der Waals surface area contributed by atoms with Crippen LogP contribution >= 0.6 is 11.8 Å². The average Bonchev–Trinajstić information content (AvgIpc) is 3.02. The highest BCUT2D eigenvalue weighted by Gasteiger charge is 2.31. The molecule has 0 radical (unpaired) electrons. The van der Waals surface area contributed by atoms with Gasteiger partial charge in [-0.05, 0) is 41.8 Å². The van der Waals surface area contributed by atoms with Gasteiger partial charge in [-0.1, -0.05) is 36.0 Å². The molecule has 1 aliphatic heterocycles. The highest BCUT2D eigenvalue weighted by Crippen LogP contribution is 2.29. The molecular formula is C22H22O6S. The van der Waals surface area contributed by atoms with Gasteiger partial charge in [0.05, 0.1) is 18.8 Å². The third-order valence-electron chi connectivity index (χ3n) is 4.47. The standard InChI is InChI=1S/C22H22O6S/c1-14(23)28-20(16-4-3-5-18(11-16)26-2)13-27-17-8-6-15(7-9-17)10-21-19(24)12-22(25)29-21/h3-9,11,20-21H,10,12-13H2,1-2H3/t20-,21?/m1/s1. The number of hydrogen-bond donors (Lipinski definition) is 0. The zero-order valence-electron chi connectivity index (χ0n) is 16.3. The second-order valence-corrected chi connectivity index (χ2v) is 7.92. The largest absolute Gasteiger partial charge is 0.497 e. The first-order valence-electron chi connectivity index (χ1n) is 9.19. The molecule has 2 aromatic rings. The van der Waals surface area contributed by atoms with Crippen LogP contribution in [0.3, 0.4) is 0 Å². The molecule has 0 bridgehead atoms. The minimum atomic E-state index is -0.569. The molecule has 1 fully saturated rings. The zero-order valence-corrected chi connectivity index (χ0v) is 17.1. The van der Waals surface area contributed by atoms with Crippen molar-refractivity contribution in [2.24, 2.45) is 0 Å². The Balaban J connectivity index is 1.62. The number of rotatable bonds is 8. The van der Waals surface area contributed by atoms with Gasteiger partial charge < -0.3 is 14.2 Å². The van der Waals surface area contributed by atoms with Crippen LogP contribution in [0.2, 0.25) is 0 Å². The van der Waals surface area contributed by atoms with E-state index in [4.69, 9.17) is 14.2 Å². The summed E-state index contributed by atoms with van der Waals surface area (Å²) in [5, 5.41) is -0.357. The number of benzene rings is 2. The van der Waals surface area contributed by atoms with Gasteiger partial charge in [0.2, 0.25) is 0 Å². The molecule has 3 rings (SSSR count). The van der Waals surface area contributed by atoms with Crippen LogP contribution < -0.4 is 9.47 Å². The maximum Gasteiger partial charge on any atom is 0.303 e. The Morgan fingerprint density at radius 3 is 2.52 bits per heavy atom. The van der Waals surface area contributed by atoms with Crippen LogP contribution in [0.1, 0.15) is 30.6 Å². The number of carbonyl (C=O) groups excluding carboxylic acids is 3. The SMILES string of the molecule is COc1cccc([C@@H](COc2ccc(CC3SC(=O)CC3=O)cc2)OC(C)=O)c1. The van der Waals surface area contributed by atoms with Gasteiger partial charge in [0, 0.05) is 6.92 Å². The molecule has 2 aromatic carbocycles. The molecule has 6 nitrogen and oxygen atoms in total. The average molecular weight is 414 g/mol. The first kappa shape index (κ1) is 20.9. The highest BCUT2D eigenvalue weighted by atomic mass is 32.2. The Morgan fingerprint density at radius 1 is 1.14 bits per heavy atom. The van der Waals surface area contributed by atoms with Crippen LogP contribution in [0.5, 0.6) is 11.5 Å². The van der Waals surface area contributed by atoms with Crippen LogP contribution in [0.4, 0.5) is 0 Å². The molecule has 7 heteroatoms. The minimum absolute atomic E-state index is 0.0113. The van der Waals surface area contributed by atoms with E-state index in [0.29, 0.717) is 17.9 Å². The number of methoxy groups -OCH3 is 1. The van der Waals surface area contributed by atoms with Crippen molar-refractivity contribution in [2.75, 3.05) is 13.7 Å². The molecule has 0 aromatic heterocycles. The normalized spacial score (nSPS) is 17.1. The lowest BCUT2D eigenvalue weighted by Gasteiger charge is -2.19. The van der Waals surface area contributed by atoms with Gasteiger partial charge in [-0.2, -0.15) is 0 Å². The molecule has 0 N–H and O–H groups in total. The first-order chi connectivity index (χ1) is 13.9. The molecule has 2 atom stereocenters. The fourth-order valence-electron chi connectivity index (χ4n) is 3.03. The maximum atomic E-state index is 11.8. The Bertz CT molecular complexity index is 892. The molecule has 0 amide bonds. The molecule has 1 unspecified atom stereocenters. The van der Waals surface area contributed by atoms with E-state index in [9.17, 15) is 14.4 Å². The van der Waals surface area contributed by atoms with Crippen LogP contribution in [0.25, 0.3) is 0 Å². The summed E-state index contributed by atoms with van der Waals surface area (Å²) in [7, 11) is 1.57. The van der Waals surface area contributed by atoms with Crippen LogP contribution in [0, 0.1) is 0 Å². The van der Waals surface area contributed by atoms with E-state index < -0.39 is 12.1 Å². The second-order valence-electron chi connectivity index (χ2n) is 6.66.